The predicted octanol–water partition coefficient (Wildman–Crippen LogP) is 3.63. The van der Waals surface area contributed by atoms with Crippen molar-refractivity contribution in [3.8, 4) is 0 Å². The van der Waals surface area contributed by atoms with Gasteiger partial charge in [-0.2, -0.15) is 0 Å². The lowest BCUT2D eigenvalue weighted by molar-refractivity contribution is -0.152. The first-order valence-corrected chi connectivity index (χ1v) is 10.3. The molecule has 1 saturated heterocycles. The first kappa shape index (κ1) is 17.6. The van der Waals surface area contributed by atoms with Crippen LogP contribution in [0, 0.1) is 0 Å². The van der Waals surface area contributed by atoms with Gasteiger partial charge in [-0.1, -0.05) is 31.0 Å². The highest BCUT2D eigenvalue weighted by Gasteiger charge is 2.50. The normalized spacial score (nSPS) is 23.7. The van der Waals surface area contributed by atoms with Crippen molar-refractivity contribution in [2.24, 2.45) is 0 Å². The van der Waals surface area contributed by atoms with Crippen molar-refractivity contribution in [1.82, 2.24) is 5.32 Å². The van der Waals surface area contributed by atoms with Crippen LogP contribution in [0.1, 0.15) is 74.5 Å². The summed E-state index contributed by atoms with van der Waals surface area (Å²) in [5.74, 6) is -0.130. The summed E-state index contributed by atoms with van der Waals surface area (Å²) in [6.07, 6.45) is 11.3. The van der Waals surface area contributed by atoms with Gasteiger partial charge in [-0.15, -0.1) is 0 Å². The lowest BCUT2D eigenvalue weighted by Crippen LogP contribution is -2.47. The molecule has 2 aliphatic carbocycles. The van der Waals surface area contributed by atoms with Gasteiger partial charge in [-0.3, -0.25) is 9.59 Å². The average Bonchev–Trinajstić information content (AvgIpc) is 3.22. The molecule has 0 aromatic heterocycles. The molecule has 4 heteroatoms. The Morgan fingerprint density at radius 2 is 1.88 bits per heavy atom. The van der Waals surface area contributed by atoms with E-state index in [0.717, 1.165) is 38.5 Å². The maximum absolute atomic E-state index is 12.3. The molecular formula is C22H29NO3. The quantitative estimate of drug-likeness (QED) is 0.821. The van der Waals surface area contributed by atoms with E-state index in [1.54, 1.807) is 0 Å². The third kappa shape index (κ3) is 3.65. The van der Waals surface area contributed by atoms with Gasteiger partial charge >= 0.3 is 5.97 Å². The summed E-state index contributed by atoms with van der Waals surface area (Å²) < 4.78 is 5.73. The Kier molecular flexibility index (Phi) is 5.01. The summed E-state index contributed by atoms with van der Waals surface area (Å²) in [5.41, 5.74) is 4.05. The molecule has 140 valence electrons. The standard InChI is InChI=1S/C22H29NO3/c24-20-15-19(22(23-20)12-3-4-13-22)26-21(25)9-5-6-16-10-11-17-7-1-2-8-18(17)14-16/h10-11,14,19H,1-9,12-13,15H2,(H,23,24). The van der Waals surface area contributed by atoms with E-state index in [2.05, 4.69) is 23.5 Å². The minimum atomic E-state index is -0.273. The van der Waals surface area contributed by atoms with Gasteiger partial charge in [0.25, 0.3) is 0 Å². The van der Waals surface area contributed by atoms with Gasteiger partial charge in [-0.05, 0) is 68.1 Å². The van der Waals surface area contributed by atoms with Crippen LogP contribution in [0.25, 0.3) is 0 Å². The maximum atomic E-state index is 12.3. The molecule has 1 aromatic carbocycles. The molecule has 1 N–H and O–H groups in total. The van der Waals surface area contributed by atoms with Crippen molar-refractivity contribution < 1.29 is 14.3 Å². The SMILES string of the molecule is O=C1CC(OC(=O)CCCc2ccc3c(c2)CCCC3)C2(CCCC2)N1. The molecule has 26 heavy (non-hydrogen) atoms. The number of benzene rings is 1. The number of esters is 1. The molecule has 1 atom stereocenters. The molecule has 1 amide bonds. The Labute approximate surface area is 155 Å². The summed E-state index contributed by atoms with van der Waals surface area (Å²) in [5, 5.41) is 3.08. The minimum Gasteiger partial charge on any atom is -0.459 e. The van der Waals surface area contributed by atoms with Gasteiger partial charge in [-0.25, -0.2) is 0 Å². The van der Waals surface area contributed by atoms with Crippen LogP contribution >= 0.6 is 0 Å². The molecule has 1 unspecified atom stereocenters. The Morgan fingerprint density at radius 1 is 1.12 bits per heavy atom. The Hall–Kier alpha value is -1.84. The molecule has 3 aliphatic rings. The number of carbonyl (C=O) groups is 2. The van der Waals surface area contributed by atoms with Crippen LogP contribution in [0.15, 0.2) is 18.2 Å². The van der Waals surface area contributed by atoms with Gasteiger partial charge < -0.3 is 10.1 Å². The number of nitrogens with one attached hydrogen (secondary N) is 1. The summed E-state index contributed by atoms with van der Waals surface area (Å²) in [6.45, 7) is 0. The van der Waals surface area contributed by atoms with Gasteiger partial charge in [0.2, 0.25) is 5.91 Å². The molecule has 4 nitrogen and oxygen atoms in total. The Balaban J connectivity index is 1.27. The average molecular weight is 355 g/mol. The fraction of sp³-hybridized carbons (Fsp3) is 0.636. The van der Waals surface area contributed by atoms with E-state index < -0.39 is 0 Å². The lowest BCUT2D eigenvalue weighted by atomic mass is 9.89. The van der Waals surface area contributed by atoms with E-state index in [4.69, 9.17) is 4.74 Å². The number of aryl methyl sites for hydroxylation is 3. The molecule has 4 rings (SSSR count). The largest absolute Gasteiger partial charge is 0.459 e. The lowest BCUT2D eigenvalue weighted by Gasteiger charge is -2.30. The predicted molar refractivity (Wildman–Crippen MR) is 99.9 cm³/mol. The van der Waals surface area contributed by atoms with E-state index in [-0.39, 0.29) is 23.5 Å². The Morgan fingerprint density at radius 3 is 2.69 bits per heavy atom. The van der Waals surface area contributed by atoms with Crippen LogP contribution in [0.3, 0.4) is 0 Å². The van der Waals surface area contributed by atoms with Crippen LogP contribution in [0.5, 0.6) is 0 Å². The summed E-state index contributed by atoms with van der Waals surface area (Å²) in [4.78, 5) is 24.1. The molecule has 1 aromatic rings. The second kappa shape index (κ2) is 7.42. The fourth-order valence-corrected chi connectivity index (χ4v) is 4.98. The number of rotatable bonds is 5. The van der Waals surface area contributed by atoms with E-state index in [1.807, 2.05) is 0 Å². The summed E-state index contributed by atoms with van der Waals surface area (Å²) >= 11 is 0. The minimum absolute atomic E-state index is 0.0266. The fourth-order valence-electron chi connectivity index (χ4n) is 4.98. The first-order valence-electron chi connectivity index (χ1n) is 10.3. The molecule has 2 fully saturated rings. The zero-order chi connectivity index (χ0) is 18.0. The molecule has 0 radical (unpaired) electrons. The number of carbonyl (C=O) groups excluding carboxylic acids is 2. The smallest absolute Gasteiger partial charge is 0.306 e. The van der Waals surface area contributed by atoms with Gasteiger partial charge in [0.05, 0.1) is 12.0 Å². The van der Waals surface area contributed by atoms with Gasteiger partial charge in [0.1, 0.15) is 6.10 Å². The van der Waals surface area contributed by atoms with Crippen LogP contribution in [0.4, 0.5) is 0 Å². The molecule has 1 heterocycles. The van der Waals surface area contributed by atoms with Crippen molar-refractivity contribution >= 4 is 11.9 Å². The highest BCUT2D eigenvalue weighted by molar-refractivity contribution is 5.81. The van der Waals surface area contributed by atoms with Crippen molar-refractivity contribution in [1.29, 1.82) is 0 Å². The highest BCUT2D eigenvalue weighted by atomic mass is 16.5. The van der Waals surface area contributed by atoms with E-state index in [0.29, 0.717) is 12.8 Å². The van der Waals surface area contributed by atoms with Crippen molar-refractivity contribution in [2.75, 3.05) is 0 Å². The zero-order valence-electron chi connectivity index (χ0n) is 15.5. The molecule has 1 spiro atoms. The van der Waals surface area contributed by atoms with Crippen molar-refractivity contribution in [3.05, 3.63) is 34.9 Å². The number of fused-ring (bicyclic) bond motifs is 1. The number of hydrogen-bond acceptors (Lipinski definition) is 3. The van der Waals surface area contributed by atoms with Gasteiger partial charge in [0.15, 0.2) is 0 Å². The third-order valence-electron chi connectivity index (χ3n) is 6.40. The number of ether oxygens (including phenoxy) is 1. The molecule has 0 bridgehead atoms. The molecule has 1 saturated carbocycles. The maximum Gasteiger partial charge on any atom is 0.306 e. The van der Waals surface area contributed by atoms with Crippen LogP contribution in [-0.2, 0) is 33.6 Å². The van der Waals surface area contributed by atoms with E-state index >= 15 is 0 Å². The van der Waals surface area contributed by atoms with Gasteiger partial charge in [0, 0.05) is 6.42 Å². The third-order valence-corrected chi connectivity index (χ3v) is 6.40. The summed E-state index contributed by atoms with van der Waals surface area (Å²) in [6, 6.07) is 6.80. The van der Waals surface area contributed by atoms with E-state index in [1.165, 1.54) is 42.4 Å². The van der Waals surface area contributed by atoms with Crippen LogP contribution < -0.4 is 5.32 Å². The van der Waals surface area contributed by atoms with Crippen LogP contribution in [-0.4, -0.2) is 23.5 Å². The van der Waals surface area contributed by atoms with E-state index in [9.17, 15) is 9.59 Å². The second-order valence-corrected chi connectivity index (χ2v) is 8.26. The molecule has 1 aliphatic heterocycles. The number of amides is 1. The topological polar surface area (TPSA) is 55.4 Å². The molecular weight excluding hydrogens is 326 g/mol. The van der Waals surface area contributed by atoms with Crippen molar-refractivity contribution in [2.45, 2.75) is 88.7 Å². The summed E-state index contributed by atoms with van der Waals surface area (Å²) in [7, 11) is 0. The Bertz CT molecular complexity index is 691. The zero-order valence-corrected chi connectivity index (χ0v) is 15.5. The number of hydrogen-bond donors (Lipinski definition) is 1. The van der Waals surface area contributed by atoms with Crippen LogP contribution in [0.2, 0.25) is 0 Å². The second-order valence-electron chi connectivity index (χ2n) is 8.26. The first-order chi connectivity index (χ1) is 12.6. The highest BCUT2D eigenvalue weighted by Crippen LogP contribution is 2.39. The monoisotopic (exact) mass is 355 g/mol. The van der Waals surface area contributed by atoms with Crippen molar-refractivity contribution in [3.63, 3.8) is 0 Å².